The Morgan fingerprint density at radius 1 is 1.89 bits per heavy atom. The van der Waals surface area contributed by atoms with Gasteiger partial charge in [-0.2, -0.15) is 12.6 Å². The van der Waals surface area contributed by atoms with E-state index in [4.69, 9.17) is 5.11 Å². The molecule has 9 heavy (non-hydrogen) atoms. The summed E-state index contributed by atoms with van der Waals surface area (Å²) in [6.07, 6.45) is 0. The van der Waals surface area contributed by atoms with Crippen molar-refractivity contribution >= 4 is 27.2 Å². The molecule has 0 aromatic carbocycles. The molecule has 0 aromatic heterocycles. The van der Waals surface area contributed by atoms with Crippen molar-refractivity contribution in [2.75, 3.05) is 5.75 Å². The minimum Gasteiger partial charge on any atom is -0.480 e. The van der Waals surface area contributed by atoms with Crippen molar-refractivity contribution in [1.29, 1.82) is 0 Å². The van der Waals surface area contributed by atoms with E-state index in [2.05, 4.69) is 17.7 Å². The van der Waals surface area contributed by atoms with Gasteiger partial charge in [0.25, 0.3) is 0 Å². The average Bonchev–Trinajstić information content (AvgIpc) is 1.82. The van der Waals surface area contributed by atoms with Gasteiger partial charge in [0.05, 0.1) is 0 Å². The van der Waals surface area contributed by atoms with E-state index >= 15 is 0 Å². The molecule has 2 atom stereocenters. The summed E-state index contributed by atoms with van der Waals surface area (Å²) in [4.78, 5) is 10.1. The van der Waals surface area contributed by atoms with Crippen LogP contribution in [0.25, 0.3) is 0 Å². The smallest absolute Gasteiger partial charge is 0.419 e. The van der Waals surface area contributed by atoms with Crippen molar-refractivity contribution < 1.29 is 14.5 Å². The quantitative estimate of drug-likeness (QED) is 0.405. The van der Waals surface area contributed by atoms with E-state index < -0.39 is 20.6 Å². The Morgan fingerprint density at radius 2 is 2.44 bits per heavy atom. The highest BCUT2D eigenvalue weighted by Crippen LogP contribution is 1.93. The van der Waals surface area contributed by atoms with E-state index in [-0.39, 0.29) is 5.75 Å². The Balaban J connectivity index is 3.67. The molecule has 0 radical (unpaired) electrons. The molecular formula is C3H7NO3PS+. The third-order valence-corrected chi connectivity index (χ3v) is 1.55. The first-order chi connectivity index (χ1) is 4.22. The number of carboxylic acid groups (broad SMARTS) is 1. The lowest BCUT2D eigenvalue weighted by atomic mass is 10.4. The molecule has 2 unspecified atom stereocenters. The Bertz CT molecular complexity index is 120. The van der Waals surface area contributed by atoms with Gasteiger partial charge in [0.15, 0.2) is 6.04 Å². The second-order valence-electron chi connectivity index (χ2n) is 1.32. The molecule has 0 saturated carbocycles. The van der Waals surface area contributed by atoms with E-state index in [1.807, 2.05) is 0 Å². The number of rotatable bonds is 4. The molecule has 0 aromatic rings. The summed E-state index contributed by atoms with van der Waals surface area (Å²) in [7, 11) is -0.792. The molecule has 6 heteroatoms. The van der Waals surface area contributed by atoms with Crippen molar-refractivity contribution in [1.82, 2.24) is 5.09 Å². The maximum absolute atomic E-state index is 10.1. The Labute approximate surface area is 59.3 Å². The molecule has 4 nitrogen and oxygen atoms in total. The van der Waals surface area contributed by atoms with Crippen LogP contribution in [0.2, 0.25) is 0 Å². The van der Waals surface area contributed by atoms with Gasteiger partial charge < -0.3 is 5.11 Å². The van der Waals surface area contributed by atoms with E-state index in [0.29, 0.717) is 0 Å². The van der Waals surface area contributed by atoms with E-state index in [0.717, 1.165) is 0 Å². The van der Waals surface area contributed by atoms with Crippen LogP contribution in [0.3, 0.4) is 0 Å². The molecule has 0 rings (SSSR count). The fourth-order valence-electron chi connectivity index (χ4n) is 0.257. The highest BCUT2D eigenvalue weighted by molar-refractivity contribution is 7.80. The largest absolute Gasteiger partial charge is 0.480 e. The van der Waals surface area contributed by atoms with Crippen molar-refractivity contribution in [2.24, 2.45) is 0 Å². The predicted molar refractivity (Wildman–Crippen MR) is 37.4 cm³/mol. The fraction of sp³-hybridized carbons (Fsp3) is 0.667. The minimum absolute atomic E-state index is 0.143. The number of nitrogens with one attached hydrogen (secondary N) is 1. The Morgan fingerprint density at radius 3 is 2.56 bits per heavy atom. The molecule has 0 aliphatic rings. The van der Waals surface area contributed by atoms with Gasteiger partial charge in [-0.1, -0.05) is 9.65 Å². The standard InChI is InChI=1S/C3H6NO3PS/c5-3(6)2(1-9)4-8-7/h2,9H,1H2,(H,4,7)(H,5,6)/p+1. The van der Waals surface area contributed by atoms with Gasteiger partial charge in [-0.25, -0.2) is 0 Å². The van der Waals surface area contributed by atoms with Crippen molar-refractivity contribution in [3.63, 3.8) is 0 Å². The first kappa shape index (κ1) is 8.88. The van der Waals surface area contributed by atoms with Crippen LogP contribution in [0.4, 0.5) is 0 Å². The highest BCUT2D eigenvalue weighted by atomic mass is 32.1. The number of carboxylic acids is 1. The van der Waals surface area contributed by atoms with Gasteiger partial charge in [0.2, 0.25) is 0 Å². The molecule has 0 amide bonds. The molecular weight excluding hydrogens is 161 g/mol. The number of carbonyl (C=O) groups is 1. The summed E-state index contributed by atoms with van der Waals surface area (Å²) in [6.45, 7) is 0. The van der Waals surface area contributed by atoms with Gasteiger partial charge >= 0.3 is 14.6 Å². The fourth-order valence-corrected chi connectivity index (χ4v) is 1.04. The number of thiol groups is 1. The summed E-state index contributed by atoms with van der Waals surface area (Å²) >= 11 is 3.71. The first-order valence-corrected chi connectivity index (χ1v) is 3.72. The summed E-state index contributed by atoms with van der Waals surface area (Å²) in [5, 5.41) is 10.5. The Hall–Kier alpha value is -0.120. The van der Waals surface area contributed by atoms with Crippen molar-refractivity contribution in [3.05, 3.63) is 0 Å². The van der Waals surface area contributed by atoms with Crippen LogP contribution in [-0.4, -0.2) is 22.9 Å². The third-order valence-electron chi connectivity index (χ3n) is 0.714. The van der Waals surface area contributed by atoms with Crippen molar-refractivity contribution in [2.45, 2.75) is 6.04 Å². The molecule has 0 bridgehead atoms. The van der Waals surface area contributed by atoms with Crippen molar-refractivity contribution in [3.8, 4) is 0 Å². The number of hydrogen-bond donors (Lipinski definition) is 3. The van der Waals surface area contributed by atoms with Crippen LogP contribution in [0, 0.1) is 0 Å². The highest BCUT2D eigenvalue weighted by Gasteiger charge is 2.17. The normalized spacial score (nSPS) is 13.4. The predicted octanol–water partition coefficient (Wildman–Crippen LogP) is -0.102. The molecule has 0 aliphatic heterocycles. The zero-order valence-corrected chi connectivity index (χ0v) is 6.39. The summed E-state index contributed by atoms with van der Waals surface area (Å²) in [5.74, 6) is -0.891. The SMILES string of the molecule is O=[PH+]NC(CS)C(=O)O. The molecule has 0 saturated heterocycles. The third kappa shape index (κ3) is 3.46. The van der Waals surface area contributed by atoms with Crippen LogP contribution >= 0.6 is 21.2 Å². The number of hydrogen-bond acceptors (Lipinski definition) is 3. The van der Waals surface area contributed by atoms with Crippen LogP contribution in [0.15, 0.2) is 0 Å². The second-order valence-corrected chi connectivity index (χ2v) is 2.18. The summed E-state index contributed by atoms with van der Waals surface area (Å²) in [5.41, 5.74) is 0. The Kier molecular flexibility index (Phi) is 4.67. The maximum Gasteiger partial charge on any atom is 0.419 e. The molecule has 2 N–H and O–H groups in total. The van der Waals surface area contributed by atoms with E-state index in [1.54, 1.807) is 0 Å². The molecule has 0 spiro atoms. The zero-order valence-electron chi connectivity index (χ0n) is 4.50. The minimum atomic E-state index is -1.03. The topological polar surface area (TPSA) is 66.4 Å². The zero-order chi connectivity index (χ0) is 7.28. The molecule has 0 fully saturated rings. The van der Waals surface area contributed by atoms with Gasteiger partial charge in [-0.15, -0.1) is 0 Å². The summed E-state index contributed by atoms with van der Waals surface area (Å²) in [6, 6.07) is -0.802. The monoisotopic (exact) mass is 168 g/mol. The van der Waals surface area contributed by atoms with Crippen LogP contribution in [-0.2, 0) is 9.36 Å². The average molecular weight is 168 g/mol. The molecule has 52 valence electrons. The lowest BCUT2D eigenvalue weighted by Gasteiger charge is -1.98. The van der Waals surface area contributed by atoms with E-state index in [9.17, 15) is 9.36 Å². The summed E-state index contributed by atoms with van der Waals surface area (Å²) < 4.78 is 9.82. The molecule has 0 aliphatic carbocycles. The molecule has 0 heterocycles. The van der Waals surface area contributed by atoms with Crippen LogP contribution in [0.1, 0.15) is 0 Å². The second kappa shape index (κ2) is 4.73. The lowest BCUT2D eigenvalue weighted by molar-refractivity contribution is -0.138. The van der Waals surface area contributed by atoms with Crippen LogP contribution < -0.4 is 5.09 Å². The van der Waals surface area contributed by atoms with Gasteiger partial charge in [-0.3, -0.25) is 4.79 Å². The van der Waals surface area contributed by atoms with Gasteiger partial charge in [0.1, 0.15) is 0 Å². The number of aliphatic carboxylic acids is 1. The van der Waals surface area contributed by atoms with Gasteiger partial charge in [-0.05, 0) is 0 Å². The maximum atomic E-state index is 10.1. The first-order valence-electron chi connectivity index (χ1n) is 2.18. The van der Waals surface area contributed by atoms with Gasteiger partial charge in [0, 0.05) is 5.75 Å². The lowest BCUT2D eigenvalue weighted by Crippen LogP contribution is -2.32. The van der Waals surface area contributed by atoms with E-state index in [1.165, 1.54) is 0 Å². The van der Waals surface area contributed by atoms with Crippen LogP contribution in [0.5, 0.6) is 0 Å².